The van der Waals surface area contributed by atoms with Crippen molar-refractivity contribution in [2.75, 3.05) is 81.5 Å². The van der Waals surface area contributed by atoms with E-state index in [1.54, 1.807) is 42.5 Å². The first-order valence-electron chi connectivity index (χ1n) is 23.7. The Kier molecular flexibility index (Phi) is 15.0. The van der Waals surface area contributed by atoms with Gasteiger partial charge in [0.15, 0.2) is 0 Å². The molecule has 0 bridgehead atoms. The van der Waals surface area contributed by atoms with Crippen LogP contribution in [0.4, 0.5) is 34.6 Å². The molecule has 0 aliphatic carbocycles. The molecule has 17 nitrogen and oxygen atoms in total. The van der Waals surface area contributed by atoms with Crippen LogP contribution in [0.25, 0.3) is 11.1 Å². The zero-order chi connectivity index (χ0) is 50.7. The van der Waals surface area contributed by atoms with E-state index >= 15 is 4.39 Å². The summed E-state index contributed by atoms with van der Waals surface area (Å²) >= 11 is 0. The average molecular weight is 985 g/mol. The number of carbonyl (C=O) groups excluding carboxylic acids is 6. The smallest absolute Gasteiger partial charge is 0.384 e. The third-order valence-electron chi connectivity index (χ3n) is 13.7. The number of carbonyl (C=O) groups is 6. The summed E-state index contributed by atoms with van der Waals surface area (Å²) in [4.78, 5) is 101. The Morgan fingerprint density at radius 1 is 0.831 bits per heavy atom. The molecular formula is C50H56F4N10O7. The van der Waals surface area contributed by atoms with Crippen LogP contribution in [-0.4, -0.2) is 144 Å². The Labute approximate surface area is 406 Å². The molecule has 0 spiro atoms. The molecule has 3 fully saturated rings. The highest BCUT2D eigenvalue weighted by molar-refractivity contribution is 6.25. The predicted octanol–water partition coefficient (Wildman–Crippen LogP) is 4.51. The molecule has 0 radical (unpaired) electrons. The average Bonchev–Trinajstić information content (AvgIpc) is 3.58. The molecule has 4 aliphatic rings. The molecule has 8 rings (SSSR count). The van der Waals surface area contributed by atoms with Crippen LogP contribution < -0.4 is 31.7 Å². The number of benzene rings is 3. The van der Waals surface area contributed by atoms with Crippen molar-refractivity contribution in [2.45, 2.75) is 70.4 Å². The largest absolute Gasteiger partial charge is 0.417 e. The number of nitrogens with zero attached hydrogens (tertiary/aromatic N) is 5. The van der Waals surface area contributed by atoms with Crippen LogP contribution in [0.5, 0.6) is 0 Å². The number of alkyl halides is 3. The number of aromatic amines is 1. The second kappa shape index (κ2) is 21.2. The van der Waals surface area contributed by atoms with Crippen molar-refractivity contribution >= 4 is 52.5 Å². The first kappa shape index (κ1) is 50.4. The normalized spacial score (nSPS) is 20.2. The number of anilines is 3. The lowest BCUT2D eigenvalue weighted by atomic mass is 9.99. The molecule has 71 heavy (non-hydrogen) atoms. The maximum atomic E-state index is 15.7. The highest BCUT2D eigenvalue weighted by Crippen LogP contribution is 2.37. The number of hydrogen-bond donors (Lipinski definition) is 5. The Hall–Kier alpha value is -6.97. The van der Waals surface area contributed by atoms with E-state index < -0.39 is 64.3 Å². The molecular weight excluding hydrogens is 929 g/mol. The zero-order valence-electron chi connectivity index (χ0n) is 39.6. The monoisotopic (exact) mass is 984 g/mol. The van der Waals surface area contributed by atoms with Crippen molar-refractivity contribution in [3.05, 3.63) is 111 Å². The number of hydrogen-bond acceptors (Lipinski definition) is 12. The lowest BCUT2D eigenvalue weighted by molar-refractivity contribution is -0.138. The number of amides is 6. The van der Waals surface area contributed by atoms with Gasteiger partial charge >= 0.3 is 6.18 Å². The molecule has 3 aromatic carbocycles. The molecule has 3 atom stereocenters. The minimum atomic E-state index is -4.97. The number of piperazine rings is 2. The van der Waals surface area contributed by atoms with E-state index in [4.69, 9.17) is 0 Å². The van der Waals surface area contributed by atoms with Crippen LogP contribution in [0.3, 0.4) is 0 Å². The van der Waals surface area contributed by atoms with Crippen molar-refractivity contribution in [1.29, 1.82) is 0 Å². The van der Waals surface area contributed by atoms with E-state index in [1.165, 1.54) is 12.1 Å². The van der Waals surface area contributed by atoms with Crippen LogP contribution >= 0.6 is 0 Å². The first-order valence-corrected chi connectivity index (χ1v) is 23.7. The molecule has 3 saturated heterocycles. The summed E-state index contributed by atoms with van der Waals surface area (Å²) in [6.07, 6.45) is -3.48. The number of likely N-dealkylation sites (N-methyl/N-ethyl adjacent to an activating group) is 1. The molecule has 6 amide bonds. The van der Waals surface area contributed by atoms with Gasteiger partial charge < -0.3 is 25.8 Å². The number of fused-ring (bicyclic) bond motifs is 1. The van der Waals surface area contributed by atoms with E-state index in [2.05, 4.69) is 54.8 Å². The standard InChI is InChI=1S/C50H56F4N10O7/c1-29-26-63(27-30(2)60(29)3)40-12-10-32(23-39(40)58-46(68)35-25-57-44(67)24-36(35)50(52,53)54)34-22-31(9-11-37(34)51)28-62-20-18-61(19-21-62)17-16-56-42(65)8-5-15-55-38-7-4-6-33-45(38)49(71)64(48(33)70)41-13-14-43(66)59-47(41)69/h4,6-7,9-12,22-25,29-30,41,55H,5,8,13-21,26-28H2,1-3H3,(H,56,65)(H,57,67)(H,58,68)(H,59,66,69)/t29-,30+,41?. The van der Waals surface area contributed by atoms with Gasteiger partial charge in [-0.25, -0.2) is 4.39 Å². The van der Waals surface area contributed by atoms with Crippen LogP contribution in [0, 0.1) is 5.82 Å². The number of H-pyrrole nitrogens is 1. The molecule has 376 valence electrons. The fraction of sp³-hybridized carbons (Fsp3) is 0.420. The van der Waals surface area contributed by atoms with Gasteiger partial charge in [0, 0.05) is 114 Å². The molecule has 4 aliphatic heterocycles. The van der Waals surface area contributed by atoms with Gasteiger partial charge in [-0.3, -0.25) is 58.5 Å². The zero-order valence-corrected chi connectivity index (χ0v) is 39.6. The Bertz CT molecular complexity index is 2780. The molecule has 5 N–H and O–H groups in total. The summed E-state index contributed by atoms with van der Waals surface area (Å²) in [7, 11) is 2.01. The maximum Gasteiger partial charge on any atom is 0.417 e. The van der Waals surface area contributed by atoms with Gasteiger partial charge in [-0.2, -0.15) is 13.2 Å². The highest BCUT2D eigenvalue weighted by Gasteiger charge is 2.46. The van der Waals surface area contributed by atoms with Gasteiger partial charge in [0.2, 0.25) is 23.3 Å². The summed E-state index contributed by atoms with van der Waals surface area (Å²) in [6.45, 7) is 10.1. The number of imide groups is 2. The van der Waals surface area contributed by atoms with E-state index in [1.807, 2.05) is 11.9 Å². The van der Waals surface area contributed by atoms with E-state index in [-0.39, 0.29) is 59.6 Å². The summed E-state index contributed by atoms with van der Waals surface area (Å²) in [6, 6.07) is 14.2. The summed E-state index contributed by atoms with van der Waals surface area (Å²) in [5, 5.41) is 11.0. The predicted molar refractivity (Wildman–Crippen MR) is 256 cm³/mol. The summed E-state index contributed by atoms with van der Waals surface area (Å²) in [5.41, 5.74) is -0.144. The Morgan fingerprint density at radius 2 is 1.56 bits per heavy atom. The van der Waals surface area contributed by atoms with Gasteiger partial charge in [-0.05, 0) is 81.3 Å². The molecule has 1 unspecified atom stereocenters. The molecule has 1 aromatic heterocycles. The van der Waals surface area contributed by atoms with Crippen molar-refractivity contribution in [1.82, 2.24) is 35.2 Å². The molecule has 21 heteroatoms. The second-order valence-electron chi connectivity index (χ2n) is 18.6. The van der Waals surface area contributed by atoms with Crippen LogP contribution in [0.15, 0.2) is 71.7 Å². The number of piperidine rings is 1. The van der Waals surface area contributed by atoms with Crippen LogP contribution in [-0.2, 0) is 27.1 Å². The summed E-state index contributed by atoms with van der Waals surface area (Å²) < 4.78 is 57.7. The second-order valence-corrected chi connectivity index (χ2v) is 18.6. The van der Waals surface area contributed by atoms with E-state index in [0.29, 0.717) is 81.8 Å². The number of rotatable bonds is 15. The van der Waals surface area contributed by atoms with Crippen LogP contribution in [0.2, 0.25) is 0 Å². The number of nitrogens with one attached hydrogen (secondary N) is 5. The van der Waals surface area contributed by atoms with Crippen molar-refractivity contribution in [3.8, 4) is 11.1 Å². The maximum absolute atomic E-state index is 15.7. The van der Waals surface area contributed by atoms with Gasteiger partial charge in [0.05, 0.1) is 33.6 Å². The van der Waals surface area contributed by atoms with E-state index in [0.717, 1.165) is 29.7 Å². The van der Waals surface area contributed by atoms with Crippen molar-refractivity contribution in [2.24, 2.45) is 0 Å². The van der Waals surface area contributed by atoms with E-state index in [9.17, 15) is 46.7 Å². The Morgan fingerprint density at radius 3 is 2.28 bits per heavy atom. The number of aromatic nitrogens is 1. The van der Waals surface area contributed by atoms with Gasteiger partial charge in [0.1, 0.15) is 11.9 Å². The minimum Gasteiger partial charge on any atom is -0.384 e. The van der Waals surface area contributed by atoms with Crippen molar-refractivity contribution in [3.63, 3.8) is 0 Å². The Balaban J connectivity index is 0.828. The SMILES string of the molecule is C[C@@H]1CN(c2ccc(-c3cc(CN4CCN(CCNC(=O)CCCNc5cccc6c5C(=O)N(C5CCC(=O)NC5=O)C6=O)CC4)ccc3F)cc2NC(=O)c2c[nH]c(=O)cc2C(F)(F)F)C[C@H](C)N1C. The van der Waals surface area contributed by atoms with Gasteiger partial charge in [-0.1, -0.05) is 18.2 Å². The van der Waals surface area contributed by atoms with Crippen molar-refractivity contribution < 1.29 is 46.3 Å². The lowest BCUT2D eigenvalue weighted by Crippen LogP contribution is -2.55. The minimum absolute atomic E-state index is 0.0226. The van der Waals surface area contributed by atoms with Crippen LogP contribution in [0.1, 0.15) is 81.7 Å². The fourth-order valence-electron chi connectivity index (χ4n) is 9.66. The molecule has 4 aromatic rings. The third kappa shape index (κ3) is 11.3. The first-order chi connectivity index (χ1) is 33.9. The topological polar surface area (TPSA) is 200 Å². The third-order valence-corrected chi connectivity index (χ3v) is 13.7. The lowest BCUT2D eigenvalue weighted by Gasteiger charge is -2.44. The molecule has 5 heterocycles. The molecule has 0 saturated carbocycles. The number of halogens is 4. The fourth-order valence-corrected chi connectivity index (χ4v) is 9.66. The van der Waals surface area contributed by atoms with Gasteiger partial charge in [-0.15, -0.1) is 0 Å². The van der Waals surface area contributed by atoms with Gasteiger partial charge in [0.25, 0.3) is 17.7 Å². The highest BCUT2D eigenvalue weighted by atomic mass is 19.4. The quantitative estimate of drug-likeness (QED) is 0.0636. The number of pyridine rings is 1. The summed E-state index contributed by atoms with van der Waals surface area (Å²) in [5.74, 6) is -4.08.